The van der Waals surface area contributed by atoms with Crippen molar-refractivity contribution in [2.75, 3.05) is 13.2 Å². The van der Waals surface area contributed by atoms with Crippen molar-refractivity contribution < 1.29 is 9.84 Å². The van der Waals surface area contributed by atoms with Gasteiger partial charge in [-0.1, -0.05) is 13.8 Å². The van der Waals surface area contributed by atoms with Crippen LogP contribution in [-0.2, 0) is 4.74 Å². The van der Waals surface area contributed by atoms with Crippen LogP contribution in [0.3, 0.4) is 0 Å². The zero-order valence-corrected chi connectivity index (χ0v) is 12.4. The number of hydrogen-bond acceptors (Lipinski definition) is 3. The predicted octanol–water partition coefficient (Wildman–Crippen LogP) is 2.33. The van der Waals surface area contributed by atoms with E-state index in [1.165, 1.54) is 12.8 Å². The van der Waals surface area contributed by atoms with Crippen LogP contribution in [0.5, 0.6) is 0 Å². The molecule has 0 aromatic heterocycles. The summed E-state index contributed by atoms with van der Waals surface area (Å²) in [6.07, 6.45) is 11.7. The fourth-order valence-electron chi connectivity index (χ4n) is 2.51. The molecule has 0 aromatic rings. The molecule has 0 aromatic carbocycles. The molecule has 0 saturated heterocycles. The van der Waals surface area contributed by atoms with Crippen molar-refractivity contribution in [1.29, 1.82) is 0 Å². The van der Waals surface area contributed by atoms with Crippen molar-refractivity contribution >= 4 is 0 Å². The summed E-state index contributed by atoms with van der Waals surface area (Å²) in [4.78, 5) is 0. The lowest BCUT2D eigenvalue weighted by molar-refractivity contribution is -0.0283. The molecule has 1 rings (SSSR count). The zero-order chi connectivity index (χ0) is 14.1. The molecule has 0 aliphatic heterocycles. The van der Waals surface area contributed by atoms with E-state index in [9.17, 15) is 5.11 Å². The molecule has 0 bridgehead atoms. The highest BCUT2D eigenvalue weighted by atomic mass is 16.5. The van der Waals surface area contributed by atoms with E-state index in [-0.39, 0.29) is 0 Å². The van der Waals surface area contributed by atoms with Gasteiger partial charge in [0, 0.05) is 19.0 Å². The first-order chi connectivity index (χ1) is 9.15. The maximum atomic E-state index is 9.91. The third-order valence-electron chi connectivity index (χ3n) is 3.99. The molecular formula is C16H29NO2. The lowest BCUT2D eigenvalue weighted by atomic mass is 9.89. The normalized spacial score (nSPS) is 26.6. The van der Waals surface area contributed by atoms with Gasteiger partial charge in [0.25, 0.3) is 0 Å². The van der Waals surface area contributed by atoms with Crippen LogP contribution in [-0.4, -0.2) is 36.5 Å². The van der Waals surface area contributed by atoms with Crippen molar-refractivity contribution in [1.82, 2.24) is 5.32 Å². The number of nitrogens with one attached hydrogen (secondary N) is 1. The van der Waals surface area contributed by atoms with Crippen LogP contribution in [0.25, 0.3) is 0 Å². The molecular weight excluding hydrogens is 238 g/mol. The van der Waals surface area contributed by atoms with Gasteiger partial charge in [-0.15, -0.1) is 12.3 Å². The summed E-state index contributed by atoms with van der Waals surface area (Å²) >= 11 is 0. The lowest BCUT2D eigenvalue weighted by Gasteiger charge is -2.27. The maximum absolute atomic E-state index is 9.91. The van der Waals surface area contributed by atoms with Gasteiger partial charge in [0.15, 0.2) is 0 Å². The second kappa shape index (κ2) is 9.36. The van der Waals surface area contributed by atoms with Gasteiger partial charge in [0.1, 0.15) is 0 Å². The van der Waals surface area contributed by atoms with Crippen LogP contribution in [0.1, 0.15) is 52.4 Å². The van der Waals surface area contributed by atoms with Crippen LogP contribution >= 0.6 is 0 Å². The standard InChI is InChI=1S/C16H29NO2/c1-4-6-14(5-2)17-11-15(18)12-19-16-9-7-13(3)8-10-16/h1,13-18H,5-12H2,2-3H3. The third-order valence-corrected chi connectivity index (χ3v) is 3.99. The Morgan fingerprint density at radius 2 is 2.05 bits per heavy atom. The Balaban J connectivity index is 2.10. The highest BCUT2D eigenvalue weighted by Gasteiger charge is 2.19. The minimum absolute atomic E-state index is 0.301. The van der Waals surface area contributed by atoms with E-state index in [4.69, 9.17) is 11.2 Å². The van der Waals surface area contributed by atoms with Gasteiger partial charge >= 0.3 is 0 Å². The van der Waals surface area contributed by atoms with E-state index in [2.05, 4.69) is 25.1 Å². The molecule has 0 heterocycles. The van der Waals surface area contributed by atoms with Gasteiger partial charge in [-0.2, -0.15) is 0 Å². The van der Waals surface area contributed by atoms with Crippen molar-refractivity contribution in [3.63, 3.8) is 0 Å². The Morgan fingerprint density at radius 1 is 1.37 bits per heavy atom. The van der Waals surface area contributed by atoms with Gasteiger partial charge in [0.2, 0.25) is 0 Å². The molecule has 110 valence electrons. The monoisotopic (exact) mass is 267 g/mol. The molecule has 1 saturated carbocycles. The summed E-state index contributed by atoms with van der Waals surface area (Å²) in [6.45, 7) is 5.38. The van der Waals surface area contributed by atoms with Gasteiger partial charge in [-0.3, -0.25) is 0 Å². The first-order valence-corrected chi connectivity index (χ1v) is 7.62. The van der Waals surface area contributed by atoms with E-state index in [0.717, 1.165) is 25.2 Å². The Labute approximate surface area is 118 Å². The molecule has 0 amide bonds. The van der Waals surface area contributed by atoms with E-state index < -0.39 is 6.10 Å². The number of terminal acetylenes is 1. The van der Waals surface area contributed by atoms with Crippen LogP contribution in [0.2, 0.25) is 0 Å². The van der Waals surface area contributed by atoms with Crippen LogP contribution in [0.15, 0.2) is 0 Å². The molecule has 0 radical (unpaired) electrons. The number of aliphatic hydroxyl groups is 1. The topological polar surface area (TPSA) is 41.5 Å². The second-order valence-corrected chi connectivity index (χ2v) is 5.79. The number of hydrogen-bond donors (Lipinski definition) is 2. The van der Waals surface area contributed by atoms with E-state index >= 15 is 0 Å². The van der Waals surface area contributed by atoms with Crippen molar-refractivity contribution in [3.05, 3.63) is 0 Å². The highest BCUT2D eigenvalue weighted by molar-refractivity contribution is 4.89. The highest BCUT2D eigenvalue weighted by Crippen LogP contribution is 2.25. The second-order valence-electron chi connectivity index (χ2n) is 5.79. The van der Waals surface area contributed by atoms with Crippen molar-refractivity contribution in [3.8, 4) is 12.3 Å². The van der Waals surface area contributed by atoms with Gasteiger partial charge in [-0.05, 0) is 38.0 Å². The summed E-state index contributed by atoms with van der Waals surface area (Å²) in [7, 11) is 0. The van der Waals surface area contributed by atoms with Crippen molar-refractivity contribution in [2.24, 2.45) is 5.92 Å². The average molecular weight is 267 g/mol. The first-order valence-electron chi connectivity index (χ1n) is 7.62. The van der Waals surface area contributed by atoms with Crippen LogP contribution in [0, 0.1) is 18.3 Å². The summed E-state index contributed by atoms with van der Waals surface area (Å²) in [5.74, 6) is 3.49. The minimum atomic E-state index is -0.439. The summed E-state index contributed by atoms with van der Waals surface area (Å²) < 4.78 is 5.79. The molecule has 2 unspecified atom stereocenters. The van der Waals surface area contributed by atoms with E-state index in [0.29, 0.717) is 31.7 Å². The number of rotatable bonds is 8. The predicted molar refractivity (Wildman–Crippen MR) is 78.9 cm³/mol. The van der Waals surface area contributed by atoms with Crippen LogP contribution < -0.4 is 5.32 Å². The first kappa shape index (κ1) is 16.5. The fraction of sp³-hybridized carbons (Fsp3) is 0.875. The molecule has 0 spiro atoms. The van der Waals surface area contributed by atoms with Gasteiger partial charge in [-0.25, -0.2) is 0 Å². The molecule has 2 N–H and O–H groups in total. The molecule has 1 fully saturated rings. The molecule has 3 heteroatoms. The number of ether oxygens (including phenoxy) is 1. The molecule has 3 nitrogen and oxygen atoms in total. The quantitative estimate of drug-likeness (QED) is 0.663. The Hall–Kier alpha value is -0.560. The number of aliphatic hydroxyl groups excluding tert-OH is 1. The van der Waals surface area contributed by atoms with Crippen LogP contribution in [0.4, 0.5) is 0 Å². The third kappa shape index (κ3) is 6.96. The summed E-state index contributed by atoms with van der Waals surface area (Å²) in [5.41, 5.74) is 0. The average Bonchev–Trinajstić information content (AvgIpc) is 2.42. The summed E-state index contributed by atoms with van der Waals surface area (Å²) in [5, 5.41) is 13.2. The smallest absolute Gasteiger partial charge is 0.0897 e. The van der Waals surface area contributed by atoms with E-state index in [1.807, 2.05) is 0 Å². The van der Waals surface area contributed by atoms with E-state index in [1.54, 1.807) is 0 Å². The molecule has 19 heavy (non-hydrogen) atoms. The van der Waals surface area contributed by atoms with Crippen molar-refractivity contribution in [2.45, 2.75) is 70.6 Å². The lowest BCUT2D eigenvalue weighted by Crippen LogP contribution is -2.38. The molecule has 2 atom stereocenters. The zero-order valence-electron chi connectivity index (χ0n) is 12.4. The minimum Gasteiger partial charge on any atom is -0.389 e. The Bertz CT molecular complexity index is 266. The SMILES string of the molecule is C#CCC(CC)NCC(O)COC1CCC(C)CC1. The summed E-state index contributed by atoms with van der Waals surface area (Å²) in [6, 6.07) is 0.301. The Morgan fingerprint density at radius 3 is 2.63 bits per heavy atom. The molecule has 1 aliphatic rings. The van der Waals surface area contributed by atoms with Gasteiger partial charge < -0.3 is 15.2 Å². The largest absolute Gasteiger partial charge is 0.389 e. The maximum Gasteiger partial charge on any atom is 0.0897 e. The molecule has 1 aliphatic carbocycles. The fourth-order valence-corrected chi connectivity index (χ4v) is 2.51. The van der Waals surface area contributed by atoms with Gasteiger partial charge in [0.05, 0.1) is 18.8 Å². The Kier molecular flexibility index (Phi) is 8.13.